The molecule has 0 aromatic carbocycles. The minimum Gasteiger partial charge on any atom is -0.480 e. The Hall–Kier alpha value is -2.78. The fourth-order valence-electron chi connectivity index (χ4n) is 1.75. The molecule has 2 unspecified atom stereocenters. The molecule has 0 spiro atoms. The number of aryl methyl sites for hydroxylation is 1. The third kappa shape index (κ3) is 8.90. The second-order valence-corrected chi connectivity index (χ2v) is 5.06. The minimum absolute atomic E-state index is 0.274. The van der Waals surface area contributed by atoms with Crippen molar-refractivity contribution in [1.29, 1.82) is 0 Å². The largest absolute Gasteiger partial charge is 0.480 e. The van der Waals surface area contributed by atoms with Crippen molar-refractivity contribution < 1.29 is 19.8 Å². The van der Waals surface area contributed by atoms with Gasteiger partial charge in [-0.3, -0.25) is 19.3 Å². The van der Waals surface area contributed by atoms with Gasteiger partial charge in [-0.1, -0.05) is 19.9 Å². The van der Waals surface area contributed by atoms with E-state index in [9.17, 15) is 9.59 Å². The quantitative estimate of drug-likeness (QED) is 0.574. The Morgan fingerprint density at radius 2 is 1.62 bits per heavy atom. The molecule has 6 N–H and O–H groups in total. The number of rotatable bonds is 6. The fraction of sp³-hybridized carbons (Fsp3) is 0.412. The smallest absolute Gasteiger partial charge is 0.320 e. The second kappa shape index (κ2) is 12.6. The van der Waals surface area contributed by atoms with Gasteiger partial charge in [0.1, 0.15) is 12.1 Å². The monoisotopic (exact) mass is 365 g/mol. The Morgan fingerprint density at radius 1 is 1.04 bits per heavy atom. The molecule has 0 radical (unpaired) electrons. The van der Waals surface area contributed by atoms with E-state index in [0.717, 1.165) is 5.69 Å². The van der Waals surface area contributed by atoms with Gasteiger partial charge < -0.3 is 21.7 Å². The van der Waals surface area contributed by atoms with Crippen LogP contribution in [-0.4, -0.2) is 49.0 Å². The zero-order valence-electron chi connectivity index (χ0n) is 15.2. The maximum Gasteiger partial charge on any atom is 0.320 e. The third-order valence-electron chi connectivity index (χ3n) is 3.14. The zero-order valence-corrected chi connectivity index (χ0v) is 15.2. The van der Waals surface area contributed by atoms with Crippen LogP contribution < -0.4 is 11.5 Å². The molecule has 144 valence electrons. The highest BCUT2D eigenvalue weighted by Gasteiger charge is 2.13. The van der Waals surface area contributed by atoms with Crippen molar-refractivity contribution in [2.24, 2.45) is 18.5 Å². The molecule has 9 nitrogen and oxygen atoms in total. The van der Waals surface area contributed by atoms with E-state index in [2.05, 4.69) is 10.1 Å². The van der Waals surface area contributed by atoms with Crippen molar-refractivity contribution in [2.75, 3.05) is 0 Å². The lowest BCUT2D eigenvalue weighted by atomic mass is 10.1. The summed E-state index contributed by atoms with van der Waals surface area (Å²) in [4.78, 5) is 24.7. The van der Waals surface area contributed by atoms with Crippen LogP contribution >= 0.6 is 0 Å². The van der Waals surface area contributed by atoms with Crippen LogP contribution in [0.5, 0.6) is 0 Å². The van der Waals surface area contributed by atoms with E-state index in [1.807, 2.05) is 13.8 Å². The first-order valence-corrected chi connectivity index (χ1v) is 8.14. The molecule has 9 heteroatoms. The summed E-state index contributed by atoms with van der Waals surface area (Å²) in [6.07, 6.45) is 3.82. The van der Waals surface area contributed by atoms with Gasteiger partial charge in [0.2, 0.25) is 0 Å². The van der Waals surface area contributed by atoms with Gasteiger partial charge in [0.15, 0.2) is 0 Å². The lowest BCUT2D eigenvalue weighted by Crippen LogP contribution is -2.32. The molecule has 2 aromatic heterocycles. The van der Waals surface area contributed by atoms with Crippen LogP contribution in [0.25, 0.3) is 0 Å². The Labute approximate surface area is 152 Å². The van der Waals surface area contributed by atoms with E-state index in [1.165, 1.54) is 0 Å². The van der Waals surface area contributed by atoms with E-state index >= 15 is 0 Å². The maximum atomic E-state index is 10.4. The predicted molar refractivity (Wildman–Crippen MR) is 97.4 cm³/mol. The number of nitrogens with two attached hydrogens (primary N) is 2. The molecule has 0 saturated carbocycles. The van der Waals surface area contributed by atoms with Crippen molar-refractivity contribution in [2.45, 2.75) is 38.8 Å². The SMILES string of the molecule is CC.Cn1nccc1CC(N)C(=O)O.NC(Cc1ccccn1)C(=O)O. The van der Waals surface area contributed by atoms with Crippen molar-refractivity contribution in [3.05, 3.63) is 48.0 Å². The molecule has 26 heavy (non-hydrogen) atoms. The number of nitrogens with zero attached hydrogens (tertiary/aromatic N) is 3. The van der Waals surface area contributed by atoms with Crippen LogP contribution in [0.15, 0.2) is 36.7 Å². The number of hydrogen-bond donors (Lipinski definition) is 4. The van der Waals surface area contributed by atoms with Gasteiger partial charge in [-0.15, -0.1) is 0 Å². The molecule has 0 aliphatic rings. The molecular weight excluding hydrogens is 338 g/mol. The fourth-order valence-corrected chi connectivity index (χ4v) is 1.75. The summed E-state index contributed by atoms with van der Waals surface area (Å²) in [5.41, 5.74) is 12.2. The van der Waals surface area contributed by atoms with Gasteiger partial charge in [-0.25, -0.2) is 0 Å². The summed E-state index contributed by atoms with van der Waals surface area (Å²) in [5, 5.41) is 20.9. The van der Waals surface area contributed by atoms with Crippen LogP contribution in [0.3, 0.4) is 0 Å². The summed E-state index contributed by atoms with van der Waals surface area (Å²) < 4.78 is 1.61. The number of hydrogen-bond acceptors (Lipinski definition) is 6. The number of aliphatic carboxylic acids is 2. The van der Waals surface area contributed by atoms with Gasteiger partial charge in [-0.2, -0.15) is 5.10 Å². The van der Waals surface area contributed by atoms with Crippen LogP contribution in [0.1, 0.15) is 25.2 Å². The number of carbonyl (C=O) groups is 2. The molecule has 2 aromatic rings. The van der Waals surface area contributed by atoms with Gasteiger partial charge in [0.25, 0.3) is 0 Å². The molecule has 2 rings (SSSR count). The number of carboxylic acid groups (broad SMARTS) is 2. The summed E-state index contributed by atoms with van der Waals surface area (Å²) in [7, 11) is 1.75. The predicted octanol–water partition coefficient (Wildman–Crippen LogP) is 0.437. The van der Waals surface area contributed by atoms with Crippen LogP contribution in [0.2, 0.25) is 0 Å². The van der Waals surface area contributed by atoms with Gasteiger partial charge >= 0.3 is 11.9 Å². The molecule has 0 bridgehead atoms. The highest BCUT2D eigenvalue weighted by molar-refractivity contribution is 5.73. The van der Waals surface area contributed by atoms with E-state index in [0.29, 0.717) is 12.1 Å². The molecule has 0 fully saturated rings. The standard InChI is InChI=1S/C8H10N2O2.C7H11N3O2.C2H6/c9-7(8(11)12)5-6-3-1-2-4-10-6;1-10-5(2-3-9-10)4-6(8)7(11)12;1-2/h1-4,7H,5,9H2,(H,11,12);2-3,6H,4,8H2,1H3,(H,11,12);1-2H3. The third-order valence-corrected chi connectivity index (χ3v) is 3.14. The first-order chi connectivity index (χ1) is 12.3. The Balaban J connectivity index is 0.000000439. The van der Waals surface area contributed by atoms with E-state index in [4.69, 9.17) is 21.7 Å². The lowest BCUT2D eigenvalue weighted by molar-refractivity contribution is -0.139. The number of carboxylic acids is 2. The van der Waals surface area contributed by atoms with Crippen molar-refractivity contribution in [3.63, 3.8) is 0 Å². The Bertz CT molecular complexity index is 660. The summed E-state index contributed by atoms with van der Waals surface area (Å²) in [5.74, 6) is -1.99. The zero-order chi connectivity index (χ0) is 20.1. The van der Waals surface area contributed by atoms with Crippen LogP contribution in [0.4, 0.5) is 0 Å². The lowest BCUT2D eigenvalue weighted by Gasteiger charge is -2.05. The van der Waals surface area contributed by atoms with E-state index < -0.39 is 24.0 Å². The average Bonchev–Trinajstić information content (AvgIpc) is 3.02. The first kappa shape index (κ1) is 23.2. The van der Waals surface area contributed by atoms with Crippen molar-refractivity contribution in [1.82, 2.24) is 14.8 Å². The van der Waals surface area contributed by atoms with Crippen LogP contribution in [0, 0.1) is 0 Å². The maximum absolute atomic E-state index is 10.4. The molecule has 0 saturated heterocycles. The normalized spacial score (nSPS) is 11.9. The summed E-state index contributed by atoms with van der Waals surface area (Å²) >= 11 is 0. The van der Waals surface area contributed by atoms with E-state index in [1.54, 1.807) is 48.4 Å². The summed E-state index contributed by atoms with van der Waals surface area (Å²) in [6.45, 7) is 4.00. The molecule has 2 atom stereocenters. The molecule has 0 aliphatic carbocycles. The van der Waals surface area contributed by atoms with E-state index in [-0.39, 0.29) is 6.42 Å². The topological polar surface area (TPSA) is 157 Å². The Kier molecular flexibility index (Phi) is 11.2. The number of pyridine rings is 1. The molecule has 2 heterocycles. The molecule has 0 amide bonds. The van der Waals surface area contributed by atoms with Gasteiger partial charge in [0, 0.05) is 43.7 Å². The first-order valence-electron chi connectivity index (χ1n) is 8.14. The summed E-state index contributed by atoms with van der Waals surface area (Å²) in [6, 6.07) is 5.37. The minimum atomic E-state index is -0.999. The van der Waals surface area contributed by atoms with Crippen molar-refractivity contribution in [3.8, 4) is 0 Å². The molecule has 0 aliphatic heterocycles. The van der Waals surface area contributed by atoms with Gasteiger partial charge in [-0.05, 0) is 18.2 Å². The van der Waals surface area contributed by atoms with Crippen LogP contribution in [-0.2, 0) is 29.5 Å². The Morgan fingerprint density at radius 3 is 2.04 bits per heavy atom. The second-order valence-electron chi connectivity index (χ2n) is 5.06. The van der Waals surface area contributed by atoms with Gasteiger partial charge in [0.05, 0.1) is 0 Å². The highest BCUT2D eigenvalue weighted by Crippen LogP contribution is 2.00. The highest BCUT2D eigenvalue weighted by atomic mass is 16.4. The van der Waals surface area contributed by atoms with Crippen molar-refractivity contribution >= 4 is 11.9 Å². The number of aromatic nitrogens is 3. The molecular formula is C17H27N5O4. The average molecular weight is 365 g/mol.